The first-order valence-corrected chi connectivity index (χ1v) is 9.01. The lowest BCUT2D eigenvalue weighted by atomic mass is 10.2. The van der Waals surface area contributed by atoms with Crippen LogP contribution in [0.1, 0.15) is 26.7 Å². The number of carbonyl (C=O) groups excluding carboxylic acids is 2. The maximum Gasteiger partial charge on any atom is 0.216 e. The first-order chi connectivity index (χ1) is 12.1. The second-order valence-corrected chi connectivity index (χ2v) is 6.29. The fourth-order valence-corrected chi connectivity index (χ4v) is 2.78. The van der Waals surface area contributed by atoms with Crippen molar-refractivity contribution in [2.45, 2.75) is 31.8 Å². The van der Waals surface area contributed by atoms with Crippen LogP contribution < -0.4 is 5.32 Å². The molecule has 0 aliphatic carbocycles. The Hall–Kier alpha value is -2.48. The molecule has 0 aliphatic heterocycles. The van der Waals surface area contributed by atoms with E-state index in [1.54, 1.807) is 12.4 Å². The van der Waals surface area contributed by atoms with Crippen LogP contribution in [0, 0.1) is 0 Å². The van der Waals surface area contributed by atoms with E-state index < -0.39 is 0 Å². The third kappa shape index (κ3) is 5.82. The van der Waals surface area contributed by atoms with E-state index in [2.05, 4.69) is 20.5 Å². The summed E-state index contributed by atoms with van der Waals surface area (Å²) in [7, 11) is 0. The molecular weight excluding hydrogens is 338 g/mol. The van der Waals surface area contributed by atoms with Gasteiger partial charge in [0.1, 0.15) is 5.78 Å². The number of amides is 1. The first-order valence-electron chi connectivity index (χ1n) is 8.02. The van der Waals surface area contributed by atoms with Crippen LogP contribution in [0.2, 0.25) is 0 Å². The quantitative estimate of drug-likeness (QED) is 0.546. The molecule has 132 valence electrons. The second kappa shape index (κ2) is 9.73. The Balaban J connectivity index is 2.19. The highest BCUT2D eigenvalue weighted by Gasteiger charge is 2.12. The fourth-order valence-electron chi connectivity index (χ4n) is 2.01. The number of rotatable bonds is 9. The average Bonchev–Trinajstić information content (AvgIpc) is 3.02. The van der Waals surface area contributed by atoms with Crippen LogP contribution in [-0.4, -0.2) is 43.7 Å². The van der Waals surface area contributed by atoms with Crippen molar-refractivity contribution in [1.82, 2.24) is 25.1 Å². The molecule has 25 heavy (non-hydrogen) atoms. The van der Waals surface area contributed by atoms with Gasteiger partial charge in [0, 0.05) is 56.2 Å². The molecular formula is C17H21N5O2S. The number of pyridine rings is 1. The van der Waals surface area contributed by atoms with E-state index in [1.165, 1.54) is 18.7 Å². The van der Waals surface area contributed by atoms with Gasteiger partial charge >= 0.3 is 0 Å². The number of thioether (sulfide) groups is 1. The van der Waals surface area contributed by atoms with Crippen LogP contribution in [0.25, 0.3) is 17.6 Å². The normalized spacial score (nSPS) is 11.0. The van der Waals surface area contributed by atoms with E-state index in [0.29, 0.717) is 36.1 Å². The zero-order chi connectivity index (χ0) is 18.1. The molecule has 2 heterocycles. The molecule has 0 spiro atoms. The van der Waals surface area contributed by atoms with Crippen LogP contribution >= 0.6 is 11.8 Å². The summed E-state index contributed by atoms with van der Waals surface area (Å²) < 4.78 is 1.86. The largest absolute Gasteiger partial charge is 0.356 e. The van der Waals surface area contributed by atoms with Crippen molar-refractivity contribution in [2.75, 3.05) is 12.3 Å². The maximum atomic E-state index is 11.5. The molecule has 2 aromatic rings. The molecule has 2 rings (SSSR count). The van der Waals surface area contributed by atoms with Gasteiger partial charge in [0.2, 0.25) is 5.91 Å². The lowest BCUT2D eigenvalue weighted by molar-refractivity contribution is -0.119. The van der Waals surface area contributed by atoms with Crippen molar-refractivity contribution in [2.24, 2.45) is 0 Å². The molecule has 7 nitrogen and oxygen atoms in total. The van der Waals surface area contributed by atoms with Gasteiger partial charge in [-0.1, -0.05) is 24.8 Å². The van der Waals surface area contributed by atoms with E-state index in [0.717, 1.165) is 5.56 Å². The Morgan fingerprint density at radius 3 is 2.72 bits per heavy atom. The molecule has 0 unspecified atom stereocenters. The maximum absolute atomic E-state index is 11.5. The topological polar surface area (TPSA) is 89.8 Å². The molecule has 0 bridgehead atoms. The Kier molecular flexibility index (Phi) is 7.34. The van der Waals surface area contributed by atoms with Gasteiger partial charge in [0.05, 0.1) is 0 Å². The number of nitrogens with one attached hydrogen (secondary N) is 1. The first kappa shape index (κ1) is 18.9. The Bertz CT molecular complexity index is 743. The number of Topliss-reactive ketones (excluding diaryl/α,β-unsaturated/α-hetero) is 1. The van der Waals surface area contributed by atoms with Crippen molar-refractivity contribution < 1.29 is 9.59 Å². The SMILES string of the molecule is CCC(=O)C/C=C/n1c(SCCNC(C)=O)nnc1-c1ccncc1. The minimum Gasteiger partial charge on any atom is -0.356 e. The second-order valence-electron chi connectivity index (χ2n) is 5.22. The van der Waals surface area contributed by atoms with Crippen LogP contribution in [0.3, 0.4) is 0 Å². The van der Waals surface area contributed by atoms with Crippen molar-refractivity contribution in [3.05, 3.63) is 30.6 Å². The summed E-state index contributed by atoms with van der Waals surface area (Å²) in [5.74, 6) is 1.48. The molecule has 0 fully saturated rings. The highest BCUT2D eigenvalue weighted by atomic mass is 32.2. The Morgan fingerprint density at radius 1 is 1.28 bits per heavy atom. The molecule has 8 heteroatoms. The van der Waals surface area contributed by atoms with Crippen LogP contribution in [0.15, 0.2) is 35.8 Å². The van der Waals surface area contributed by atoms with Gasteiger partial charge in [0.15, 0.2) is 11.0 Å². The summed E-state index contributed by atoms with van der Waals surface area (Å²) in [5, 5.41) is 11.9. The van der Waals surface area contributed by atoms with Gasteiger partial charge in [0.25, 0.3) is 0 Å². The van der Waals surface area contributed by atoms with Gasteiger partial charge in [-0.25, -0.2) is 0 Å². The van der Waals surface area contributed by atoms with Gasteiger partial charge < -0.3 is 5.32 Å². The van der Waals surface area contributed by atoms with Gasteiger partial charge in [-0.05, 0) is 12.1 Å². The zero-order valence-electron chi connectivity index (χ0n) is 14.3. The summed E-state index contributed by atoms with van der Waals surface area (Å²) in [6.07, 6.45) is 7.93. The van der Waals surface area contributed by atoms with E-state index in [1.807, 2.05) is 35.9 Å². The molecule has 1 N–H and O–H groups in total. The highest BCUT2D eigenvalue weighted by Crippen LogP contribution is 2.23. The fraction of sp³-hybridized carbons (Fsp3) is 0.353. The minimum absolute atomic E-state index is 0.0579. The lowest BCUT2D eigenvalue weighted by Gasteiger charge is -2.05. The van der Waals surface area contributed by atoms with Crippen molar-refractivity contribution in [3.8, 4) is 11.4 Å². The molecule has 0 atom stereocenters. The highest BCUT2D eigenvalue weighted by molar-refractivity contribution is 7.99. The number of ketones is 1. The van der Waals surface area contributed by atoms with Crippen LogP contribution in [0.4, 0.5) is 0 Å². The molecule has 0 radical (unpaired) electrons. The van der Waals surface area contributed by atoms with E-state index in [9.17, 15) is 9.59 Å². The number of carbonyl (C=O) groups is 2. The standard InChI is InChI=1S/C17H21N5O2S/c1-3-15(24)5-4-11-22-16(14-6-8-18-9-7-14)20-21-17(22)25-12-10-19-13(2)23/h4,6-9,11H,3,5,10,12H2,1-2H3,(H,19,23)/b11-4+. The Labute approximate surface area is 150 Å². The molecule has 0 aromatic carbocycles. The van der Waals surface area contributed by atoms with Crippen molar-refractivity contribution in [1.29, 1.82) is 0 Å². The van der Waals surface area contributed by atoms with Gasteiger partial charge in [-0.2, -0.15) is 0 Å². The number of allylic oxidation sites excluding steroid dienone is 1. The van der Waals surface area contributed by atoms with Gasteiger partial charge in [-0.3, -0.25) is 19.1 Å². The summed E-state index contributed by atoms with van der Waals surface area (Å²) >= 11 is 1.49. The summed E-state index contributed by atoms with van der Waals surface area (Å²) in [5.41, 5.74) is 0.891. The molecule has 0 saturated heterocycles. The van der Waals surface area contributed by atoms with E-state index in [4.69, 9.17) is 0 Å². The molecule has 1 amide bonds. The Morgan fingerprint density at radius 2 is 2.04 bits per heavy atom. The number of hydrogen-bond acceptors (Lipinski definition) is 6. The average molecular weight is 359 g/mol. The lowest BCUT2D eigenvalue weighted by Crippen LogP contribution is -2.22. The van der Waals surface area contributed by atoms with E-state index >= 15 is 0 Å². The third-order valence-electron chi connectivity index (χ3n) is 3.30. The van der Waals surface area contributed by atoms with Crippen molar-refractivity contribution in [3.63, 3.8) is 0 Å². The van der Waals surface area contributed by atoms with Crippen LogP contribution in [0.5, 0.6) is 0 Å². The predicted octanol–water partition coefficient (Wildman–Crippen LogP) is 2.41. The molecule has 2 aromatic heterocycles. The predicted molar refractivity (Wildman–Crippen MR) is 97.9 cm³/mol. The smallest absolute Gasteiger partial charge is 0.216 e. The molecule has 0 aliphatic rings. The summed E-state index contributed by atoms with van der Waals surface area (Å²) in [4.78, 5) is 26.5. The summed E-state index contributed by atoms with van der Waals surface area (Å²) in [6, 6.07) is 3.72. The summed E-state index contributed by atoms with van der Waals surface area (Å²) in [6.45, 7) is 3.89. The monoisotopic (exact) mass is 359 g/mol. The number of hydrogen-bond donors (Lipinski definition) is 1. The number of aromatic nitrogens is 4. The van der Waals surface area contributed by atoms with Crippen molar-refractivity contribution >= 4 is 29.7 Å². The number of nitrogens with zero attached hydrogens (tertiary/aromatic N) is 4. The third-order valence-corrected chi connectivity index (χ3v) is 4.25. The van der Waals surface area contributed by atoms with Crippen LogP contribution in [-0.2, 0) is 9.59 Å². The zero-order valence-corrected chi connectivity index (χ0v) is 15.1. The van der Waals surface area contributed by atoms with E-state index in [-0.39, 0.29) is 11.7 Å². The molecule has 0 saturated carbocycles. The van der Waals surface area contributed by atoms with Gasteiger partial charge in [-0.15, -0.1) is 10.2 Å². The minimum atomic E-state index is -0.0579.